The molecule has 2 aromatic heterocycles. The van der Waals surface area contributed by atoms with Gasteiger partial charge in [-0.05, 0) is 54.5 Å². The van der Waals surface area contributed by atoms with Gasteiger partial charge in [-0.2, -0.15) is 0 Å². The molecule has 3 unspecified atom stereocenters. The fourth-order valence-corrected chi connectivity index (χ4v) is 3.67. The number of nitrogens with one attached hydrogen (secondary N) is 1. The summed E-state index contributed by atoms with van der Waals surface area (Å²) in [5, 5.41) is 3.09. The number of fused-ring (bicyclic) bond motifs is 2. The molecule has 4 nitrogen and oxygen atoms in total. The average Bonchev–Trinajstić information content (AvgIpc) is 3.24. The summed E-state index contributed by atoms with van der Waals surface area (Å²) in [5.41, 5.74) is 3.01. The molecule has 1 N–H and O–H groups in total. The minimum atomic E-state index is 0.159. The van der Waals surface area contributed by atoms with Crippen LogP contribution in [0.15, 0.2) is 55.0 Å². The number of pyridine rings is 2. The second kappa shape index (κ2) is 5.95. The minimum Gasteiger partial charge on any atom is -0.352 e. The van der Waals surface area contributed by atoms with Crippen molar-refractivity contribution in [1.82, 2.24) is 15.3 Å². The number of aromatic nitrogens is 2. The van der Waals surface area contributed by atoms with Crippen molar-refractivity contribution in [2.75, 3.05) is 0 Å². The maximum absolute atomic E-state index is 12.4. The lowest BCUT2D eigenvalue weighted by molar-refractivity contribution is -0.125. The number of rotatable bonds is 4. The molecule has 2 aliphatic rings. The van der Waals surface area contributed by atoms with Gasteiger partial charge in [-0.3, -0.25) is 14.8 Å². The van der Waals surface area contributed by atoms with Crippen molar-refractivity contribution in [3.05, 3.63) is 60.6 Å². The third-order valence-corrected chi connectivity index (χ3v) is 4.88. The number of carbonyl (C=O) groups excluding carboxylic acids is 1. The molecule has 2 aromatic rings. The lowest BCUT2D eigenvalue weighted by Crippen LogP contribution is -2.32. The zero-order valence-electron chi connectivity index (χ0n) is 12.9. The minimum absolute atomic E-state index is 0.159. The summed E-state index contributed by atoms with van der Waals surface area (Å²) in [7, 11) is 0. The topological polar surface area (TPSA) is 54.9 Å². The molecule has 4 heteroatoms. The summed E-state index contributed by atoms with van der Waals surface area (Å²) in [5.74, 6) is 1.41. The van der Waals surface area contributed by atoms with Crippen LogP contribution in [0.4, 0.5) is 0 Å². The van der Waals surface area contributed by atoms with Crippen LogP contribution in [0.3, 0.4) is 0 Å². The Kier molecular flexibility index (Phi) is 3.66. The highest BCUT2D eigenvalue weighted by Gasteiger charge is 2.39. The highest BCUT2D eigenvalue weighted by atomic mass is 16.1. The Morgan fingerprint density at radius 3 is 2.74 bits per heavy atom. The van der Waals surface area contributed by atoms with Gasteiger partial charge in [0.1, 0.15) is 0 Å². The van der Waals surface area contributed by atoms with Crippen molar-refractivity contribution < 1.29 is 4.79 Å². The molecule has 0 spiro atoms. The molecule has 1 fully saturated rings. The third kappa shape index (κ3) is 2.89. The van der Waals surface area contributed by atoms with E-state index >= 15 is 0 Å². The van der Waals surface area contributed by atoms with Crippen molar-refractivity contribution in [3.63, 3.8) is 0 Å². The lowest BCUT2D eigenvalue weighted by Gasteiger charge is -2.17. The highest BCUT2D eigenvalue weighted by molar-refractivity contribution is 5.80. The predicted molar refractivity (Wildman–Crippen MR) is 88.2 cm³/mol. The first-order chi connectivity index (χ1) is 11.3. The number of hydrogen-bond donors (Lipinski definition) is 1. The number of allylic oxidation sites excluding steroid dienone is 2. The fraction of sp³-hybridized carbons (Fsp3) is 0.316. The molecule has 1 amide bonds. The molecule has 4 rings (SSSR count). The van der Waals surface area contributed by atoms with Gasteiger partial charge in [0.15, 0.2) is 0 Å². The van der Waals surface area contributed by atoms with Gasteiger partial charge in [0, 0.05) is 36.6 Å². The van der Waals surface area contributed by atoms with E-state index in [0.717, 1.165) is 29.7 Å². The van der Waals surface area contributed by atoms with Crippen LogP contribution in [-0.4, -0.2) is 15.9 Å². The maximum Gasteiger partial charge on any atom is 0.223 e. The molecule has 0 radical (unpaired) electrons. The number of nitrogens with zero attached hydrogens (tertiary/aromatic N) is 2. The van der Waals surface area contributed by atoms with Gasteiger partial charge in [0.25, 0.3) is 0 Å². The average molecular weight is 305 g/mol. The van der Waals surface area contributed by atoms with Gasteiger partial charge < -0.3 is 5.32 Å². The third-order valence-electron chi connectivity index (χ3n) is 4.88. The molecule has 0 saturated heterocycles. The van der Waals surface area contributed by atoms with Gasteiger partial charge in [-0.1, -0.05) is 12.2 Å². The van der Waals surface area contributed by atoms with Crippen molar-refractivity contribution >= 4 is 5.91 Å². The van der Waals surface area contributed by atoms with E-state index in [2.05, 4.69) is 27.4 Å². The SMILES string of the molecule is O=C(NCc1ccnc(-c2ccncc2)c1)C1CC2C=CC1C2. The monoisotopic (exact) mass is 305 g/mol. The van der Waals surface area contributed by atoms with Crippen LogP contribution in [0.5, 0.6) is 0 Å². The van der Waals surface area contributed by atoms with Crippen LogP contribution >= 0.6 is 0 Å². The van der Waals surface area contributed by atoms with Crippen LogP contribution in [0, 0.1) is 17.8 Å². The van der Waals surface area contributed by atoms with E-state index in [1.807, 2.05) is 24.3 Å². The van der Waals surface area contributed by atoms with Crippen LogP contribution in [0.25, 0.3) is 11.3 Å². The zero-order valence-corrected chi connectivity index (χ0v) is 12.9. The number of amides is 1. The van der Waals surface area contributed by atoms with Gasteiger partial charge in [0.2, 0.25) is 5.91 Å². The van der Waals surface area contributed by atoms with E-state index in [-0.39, 0.29) is 11.8 Å². The van der Waals surface area contributed by atoms with Crippen LogP contribution in [-0.2, 0) is 11.3 Å². The first-order valence-corrected chi connectivity index (χ1v) is 8.11. The molecule has 116 valence electrons. The van der Waals surface area contributed by atoms with E-state index < -0.39 is 0 Å². The fourth-order valence-electron chi connectivity index (χ4n) is 3.67. The zero-order chi connectivity index (χ0) is 15.6. The Morgan fingerprint density at radius 1 is 1.13 bits per heavy atom. The first-order valence-electron chi connectivity index (χ1n) is 8.11. The summed E-state index contributed by atoms with van der Waals surface area (Å²) in [6.07, 6.45) is 11.9. The van der Waals surface area contributed by atoms with Crippen molar-refractivity contribution in [1.29, 1.82) is 0 Å². The molecule has 3 atom stereocenters. The van der Waals surface area contributed by atoms with E-state index in [4.69, 9.17) is 0 Å². The maximum atomic E-state index is 12.4. The summed E-state index contributed by atoms with van der Waals surface area (Å²) < 4.78 is 0. The lowest BCUT2D eigenvalue weighted by atomic mass is 9.93. The molecule has 2 heterocycles. The molecule has 0 aromatic carbocycles. The Bertz CT molecular complexity index is 741. The summed E-state index contributed by atoms with van der Waals surface area (Å²) in [6, 6.07) is 7.85. The Hall–Kier alpha value is -2.49. The highest BCUT2D eigenvalue weighted by Crippen LogP contribution is 2.43. The summed E-state index contributed by atoms with van der Waals surface area (Å²) in [6.45, 7) is 0.553. The van der Waals surface area contributed by atoms with Gasteiger partial charge in [-0.15, -0.1) is 0 Å². The second-order valence-electron chi connectivity index (χ2n) is 6.39. The normalized spacial score (nSPS) is 24.8. The first kappa shape index (κ1) is 14.1. The van der Waals surface area contributed by atoms with E-state index in [9.17, 15) is 4.79 Å². The standard InChI is InChI=1S/C19H19N3O/c23-19(17-10-13-1-2-16(17)9-13)22-12-14-3-8-21-18(11-14)15-4-6-20-7-5-15/h1-8,11,13,16-17H,9-10,12H2,(H,22,23). The molecule has 1 saturated carbocycles. The summed E-state index contributed by atoms with van der Waals surface area (Å²) >= 11 is 0. The molecular weight excluding hydrogens is 286 g/mol. The molecule has 2 bridgehead atoms. The molecule has 23 heavy (non-hydrogen) atoms. The van der Waals surface area contributed by atoms with E-state index in [1.54, 1.807) is 18.6 Å². The van der Waals surface area contributed by atoms with Crippen molar-refractivity contribution in [3.8, 4) is 11.3 Å². The number of hydrogen-bond acceptors (Lipinski definition) is 3. The summed E-state index contributed by atoms with van der Waals surface area (Å²) in [4.78, 5) is 20.8. The largest absolute Gasteiger partial charge is 0.352 e. The Morgan fingerprint density at radius 2 is 2.00 bits per heavy atom. The Labute approximate surface area is 135 Å². The van der Waals surface area contributed by atoms with E-state index in [1.165, 1.54) is 0 Å². The molecule has 2 aliphatic carbocycles. The number of carbonyl (C=O) groups is 1. The van der Waals surface area contributed by atoms with Crippen molar-refractivity contribution in [2.24, 2.45) is 17.8 Å². The van der Waals surface area contributed by atoms with Gasteiger partial charge >= 0.3 is 0 Å². The molecular formula is C19H19N3O. The van der Waals surface area contributed by atoms with Gasteiger partial charge in [0.05, 0.1) is 5.69 Å². The second-order valence-corrected chi connectivity index (χ2v) is 6.39. The van der Waals surface area contributed by atoms with Crippen molar-refractivity contribution in [2.45, 2.75) is 19.4 Å². The molecule has 0 aliphatic heterocycles. The quantitative estimate of drug-likeness (QED) is 0.884. The Balaban J connectivity index is 1.41. The van der Waals surface area contributed by atoms with Gasteiger partial charge in [-0.25, -0.2) is 0 Å². The van der Waals surface area contributed by atoms with Crippen LogP contribution < -0.4 is 5.32 Å². The smallest absolute Gasteiger partial charge is 0.223 e. The van der Waals surface area contributed by atoms with Crippen LogP contribution in [0.2, 0.25) is 0 Å². The van der Waals surface area contributed by atoms with Crippen LogP contribution in [0.1, 0.15) is 18.4 Å². The van der Waals surface area contributed by atoms with E-state index in [0.29, 0.717) is 18.4 Å². The predicted octanol–water partition coefficient (Wildman–Crippen LogP) is 2.97.